The first-order valence-electron chi connectivity index (χ1n) is 2.61. The van der Waals surface area contributed by atoms with Crippen LogP contribution in [-0.4, -0.2) is 18.6 Å². The van der Waals surface area contributed by atoms with Gasteiger partial charge < -0.3 is 10.2 Å². The fourth-order valence-corrected chi connectivity index (χ4v) is 1.62. The molecule has 0 aromatic carbocycles. The minimum atomic E-state index is -1.86. The van der Waals surface area contributed by atoms with Crippen molar-refractivity contribution in [2.24, 2.45) is 5.41 Å². The number of aliphatic hydroxyl groups is 2. The molecule has 5 heteroatoms. The summed E-state index contributed by atoms with van der Waals surface area (Å²) in [6.45, 7) is 3.41. The second kappa shape index (κ2) is 3.39. The van der Waals surface area contributed by atoms with E-state index >= 15 is 0 Å². The second-order valence-corrected chi connectivity index (χ2v) is 6.78. The summed E-state index contributed by atoms with van der Waals surface area (Å²) in [7, 11) is 0. The van der Waals surface area contributed by atoms with Crippen LogP contribution in [0, 0.1) is 5.41 Å². The summed E-state index contributed by atoms with van der Waals surface area (Å²) in [5.74, 6) is 0. The van der Waals surface area contributed by atoms with Gasteiger partial charge in [0.05, 0.1) is 9.15 Å². The monoisotopic (exact) mass is 338 g/mol. The van der Waals surface area contributed by atoms with Crippen molar-refractivity contribution >= 4 is 47.8 Å². The molecule has 0 bridgehead atoms. The number of halogens is 3. The van der Waals surface area contributed by atoms with Crippen LogP contribution in [0.5, 0.6) is 0 Å². The van der Waals surface area contributed by atoms with E-state index < -0.39 is 10.1 Å². The molecule has 0 fully saturated rings. The molecule has 0 aliphatic heterocycles. The van der Waals surface area contributed by atoms with E-state index in [9.17, 15) is 0 Å². The number of hydrogen-bond donors (Lipinski definition) is 2. The highest BCUT2D eigenvalue weighted by Crippen LogP contribution is 2.42. The predicted molar refractivity (Wildman–Crippen MR) is 51.5 cm³/mol. The molecule has 0 atom stereocenters. The van der Waals surface area contributed by atoms with Crippen molar-refractivity contribution in [2.75, 3.05) is 0 Å². The average Bonchev–Trinajstić information content (AvgIpc) is 1.62. The van der Waals surface area contributed by atoms with Crippen LogP contribution in [0.1, 0.15) is 13.8 Å². The molecule has 0 unspecified atom stereocenters. The Morgan fingerprint density at radius 3 is 1.50 bits per heavy atom. The van der Waals surface area contributed by atoms with Gasteiger partial charge in [-0.3, -0.25) is 0 Å². The van der Waals surface area contributed by atoms with Gasteiger partial charge in [-0.15, -0.1) is 0 Å². The van der Waals surface area contributed by atoms with Gasteiger partial charge >= 0.3 is 0 Å². The third kappa shape index (κ3) is 2.44. The lowest BCUT2D eigenvalue weighted by atomic mass is 9.96. The lowest BCUT2D eigenvalue weighted by molar-refractivity contribution is -0.141. The van der Waals surface area contributed by atoms with Crippen molar-refractivity contribution in [2.45, 2.75) is 22.3 Å². The molecule has 0 rings (SSSR count). The van der Waals surface area contributed by atoms with E-state index in [4.69, 9.17) is 10.2 Å². The molecular weight excluding hydrogens is 332 g/mol. The summed E-state index contributed by atoms with van der Waals surface area (Å²) in [6.07, 6.45) is 0. The Morgan fingerprint density at radius 2 is 1.50 bits per heavy atom. The molecule has 0 saturated heterocycles. The molecule has 0 radical (unpaired) electrons. The molecule has 0 saturated carbocycles. The van der Waals surface area contributed by atoms with E-state index in [-0.39, 0.29) is 3.74 Å². The van der Waals surface area contributed by atoms with E-state index in [0.29, 0.717) is 0 Å². The van der Waals surface area contributed by atoms with Crippen LogP contribution in [-0.2, 0) is 0 Å². The first-order valence-corrected chi connectivity index (χ1v) is 5.24. The number of rotatable bonds is 2. The maximum Gasteiger partial charge on any atom is 0.228 e. The normalized spacial score (nSPS) is 14.4. The molecule has 0 aromatic heterocycles. The van der Waals surface area contributed by atoms with E-state index in [1.165, 1.54) is 0 Å². The number of hydrogen-bond acceptors (Lipinski definition) is 2. The second-order valence-electron chi connectivity index (χ2n) is 2.61. The third-order valence-electron chi connectivity index (χ3n) is 1.37. The molecular formula is C5H9Br3O2. The van der Waals surface area contributed by atoms with Crippen LogP contribution in [0.2, 0.25) is 0 Å². The van der Waals surface area contributed by atoms with Gasteiger partial charge in [0, 0.05) is 0 Å². The standard InChI is InChI=1S/C5H9Br3O2/c1-4(2,3(6)7)5(8,9)10/h3,9-10H,1-2H3. The van der Waals surface area contributed by atoms with E-state index in [1.807, 2.05) is 0 Å². The van der Waals surface area contributed by atoms with Gasteiger partial charge in [-0.05, 0) is 15.9 Å². The zero-order chi connectivity index (χ0) is 8.58. The Balaban J connectivity index is 4.40. The molecule has 0 aliphatic carbocycles. The third-order valence-corrected chi connectivity index (χ3v) is 4.68. The van der Waals surface area contributed by atoms with Crippen LogP contribution in [0.15, 0.2) is 0 Å². The van der Waals surface area contributed by atoms with Crippen molar-refractivity contribution in [3.8, 4) is 0 Å². The molecule has 0 heterocycles. The van der Waals surface area contributed by atoms with Gasteiger partial charge in [-0.2, -0.15) is 0 Å². The molecule has 0 aliphatic rings. The van der Waals surface area contributed by atoms with E-state index in [1.54, 1.807) is 13.8 Å². The van der Waals surface area contributed by atoms with Gasteiger partial charge in [0.2, 0.25) is 4.70 Å². The molecule has 0 spiro atoms. The van der Waals surface area contributed by atoms with Crippen molar-refractivity contribution in [1.82, 2.24) is 0 Å². The van der Waals surface area contributed by atoms with Gasteiger partial charge in [0.1, 0.15) is 0 Å². The summed E-state index contributed by atoms with van der Waals surface area (Å²) in [4.78, 5) is 0. The summed E-state index contributed by atoms with van der Waals surface area (Å²) in [5, 5.41) is 18.3. The topological polar surface area (TPSA) is 40.5 Å². The van der Waals surface area contributed by atoms with Gasteiger partial charge in [-0.1, -0.05) is 45.7 Å². The summed E-state index contributed by atoms with van der Waals surface area (Å²) in [6, 6.07) is 0. The minimum Gasteiger partial charge on any atom is -0.356 e. The Labute approximate surface area is 85.4 Å². The highest BCUT2D eigenvalue weighted by Gasteiger charge is 2.44. The summed E-state index contributed by atoms with van der Waals surface area (Å²) in [5.41, 5.74) is -0.701. The molecule has 62 valence electrons. The highest BCUT2D eigenvalue weighted by molar-refractivity contribution is 9.24. The Morgan fingerprint density at radius 1 is 1.20 bits per heavy atom. The SMILES string of the molecule is CC(C)(C(Br)Br)C(O)(O)Br. The molecule has 0 aromatic rings. The summed E-state index contributed by atoms with van der Waals surface area (Å²) < 4.78 is -2.03. The van der Waals surface area contributed by atoms with Gasteiger partial charge in [0.15, 0.2) is 0 Å². The smallest absolute Gasteiger partial charge is 0.228 e. The predicted octanol–water partition coefficient (Wildman–Crippen LogP) is 2.16. The van der Waals surface area contributed by atoms with Gasteiger partial charge in [-0.25, -0.2) is 0 Å². The van der Waals surface area contributed by atoms with Crippen LogP contribution >= 0.6 is 47.8 Å². The van der Waals surface area contributed by atoms with Crippen LogP contribution < -0.4 is 0 Å². The van der Waals surface area contributed by atoms with E-state index in [0.717, 1.165) is 0 Å². The van der Waals surface area contributed by atoms with Crippen molar-refractivity contribution in [1.29, 1.82) is 0 Å². The van der Waals surface area contributed by atoms with Gasteiger partial charge in [0.25, 0.3) is 0 Å². The van der Waals surface area contributed by atoms with Crippen LogP contribution in [0.4, 0.5) is 0 Å². The maximum atomic E-state index is 9.13. The fraction of sp³-hybridized carbons (Fsp3) is 1.00. The largest absolute Gasteiger partial charge is 0.356 e. The Kier molecular flexibility index (Phi) is 3.85. The fourth-order valence-electron chi connectivity index (χ4n) is 0.139. The highest BCUT2D eigenvalue weighted by atomic mass is 79.9. The van der Waals surface area contributed by atoms with E-state index in [2.05, 4.69) is 47.8 Å². The summed E-state index contributed by atoms with van der Waals surface area (Å²) >= 11 is 9.15. The molecule has 2 nitrogen and oxygen atoms in total. The van der Waals surface area contributed by atoms with Crippen molar-refractivity contribution in [3.05, 3.63) is 0 Å². The first kappa shape index (κ1) is 11.4. The van der Waals surface area contributed by atoms with Crippen LogP contribution in [0.25, 0.3) is 0 Å². The van der Waals surface area contributed by atoms with Crippen molar-refractivity contribution in [3.63, 3.8) is 0 Å². The lowest BCUT2D eigenvalue weighted by Crippen LogP contribution is -2.42. The zero-order valence-electron chi connectivity index (χ0n) is 5.61. The Bertz CT molecular complexity index is 117. The minimum absolute atomic E-state index is 0.165. The van der Waals surface area contributed by atoms with Crippen LogP contribution in [0.3, 0.4) is 0 Å². The average molecular weight is 341 g/mol. The molecule has 2 N–H and O–H groups in total. The Hall–Kier alpha value is 1.36. The quantitative estimate of drug-likeness (QED) is 0.597. The lowest BCUT2D eigenvalue weighted by Gasteiger charge is -2.34. The van der Waals surface area contributed by atoms with Crippen molar-refractivity contribution < 1.29 is 10.2 Å². The first-order chi connectivity index (χ1) is 4.19. The molecule has 10 heavy (non-hydrogen) atoms. The zero-order valence-corrected chi connectivity index (χ0v) is 10.4. The molecule has 0 amide bonds. The maximum absolute atomic E-state index is 9.13. The number of alkyl halides is 3.